The molecular formula is C16H19N5O4. The van der Waals surface area contributed by atoms with Crippen LogP contribution in [0.15, 0.2) is 24.3 Å². The Balaban J connectivity index is 1.73. The van der Waals surface area contributed by atoms with Crippen molar-refractivity contribution >= 4 is 17.4 Å². The van der Waals surface area contributed by atoms with Gasteiger partial charge in [-0.15, -0.1) is 0 Å². The van der Waals surface area contributed by atoms with Crippen molar-refractivity contribution < 1.29 is 14.8 Å². The van der Waals surface area contributed by atoms with Crippen molar-refractivity contribution in [2.45, 2.75) is 6.92 Å². The number of aryl methyl sites for hydroxylation is 2. The number of piperazine rings is 1. The second-order valence-electron chi connectivity index (χ2n) is 5.96. The first-order valence-corrected chi connectivity index (χ1v) is 7.89. The number of aromatic hydroxyl groups is 1. The first-order chi connectivity index (χ1) is 11.9. The van der Waals surface area contributed by atoms with Crippen LogP contribution in [0, 0.1) is 17.0 Å². The van der Waals surface area contributed by atoms with E-state index in [2.05, 4.69) is 5.10 Å². The van der Waals surface area contributed by atoms with Crippen LogP contribution in [0.2, 0.25) is 0 Å². The molecule has 2 aromatic rings. The van der Waals surface area contributed by atoms with Crippen LogP contribution in [-0.4, -0.2) is 56.8 Å². The predicted molar refractivity (Wildman–Crippen MR) is 90.8 cm³/mol. The number of benzene rings is 1. The summed E-state index contributed by atoms with van der Waals surface area (Å²) >= 11 is 0. The maximum atomic E-state index is 12.5. The average Bonchev–Trinajstić information content (AvgIpc) is 2.89. The van der Waals surface area contributed by atoms with E-state index >= 15 is 0 Å². The zero-order valence-electron chi connectivity index (χ0n) is 14.0. The van der Waals surface area contributed by atoms with Crippen molar-refractivity contribution in [1.29, 1.82) is 0 Å². The molecule has 1 amide bonds. The third-order valence-corrected chi connectivity index (χ3v) is 4.32. The molecule has 1 aromatic carbocycles. The summed E-state index contributed by atoms with van der Waals surface area (Å²) in [5, 5.41) is 24.8. The minimum atomic E-state index is -0.411. The molecule has 1 N–H and O–H groups in total. The summed E-state index contributed by atoms with van der Waals surface area (Å²) in [6.07, 6.45) is 0. The van der Waals surface area contributed by atoms with Crippen LogP contribution in [0.25, 0.3) is 0 Å². The lowest BCUT2D eigenvalue weighted by Gasteiger charge is -2.35. The predicted octanol–water partition coefficient (Wildman–Crippen LogP) is 1.30. The van der Waals surface area contributed by atoms with E-state index in [4.69, 9.17) is 0 Å². The molecule has 0 saturated carbocycles. The standard InChI is InChI=1S/C16H19N5O4/c1-11-14(21(24)25)15(18(2)17-11)19-7-9-20(10-8-19)16(23)12-3-5-13(22)6-4-12/h3-6,22H,7-10H2,1-2H3. The smallest absolute Gasteiger partial charge is 0.333 e. The molecule has 0 unspecified atom stereocenters. The number of amides is 1. The number of anilines is 1. The third kappa shape index (κ3) is 3.12. The Bertz CT molecular complexity index is 807. The molecule has 3 rings (SSSR count). The molecule has 0 radical (unpaired) electrons. The van der Waals surface area contributed by atoms with E-state index in [9.17, 15) is 20.0 Å². The number of phenolic OH excluding ortho intramolecular Hbond substituents is 1. The number of nitrogens with zero attached hydrogens (tertiary/aromatic N) is 5. The Hall–Kier alpha value is -3.10. The van der Waals surface area contributed by atoms with Gasteiger partial charge in [0.2, 0.25) is 5.82 Å². The lowest BCUT2D eigenvalue weighted by Crippen LogP contribution is -2.49. The summed E-state index contributed by atoms with van der Waals surface area (Å²) < 4.78 is 1.52. The van der Waals surface area contributed by atoms with Gasteiger partial charge in [-0.2, -0.15) is 5.10 Å². The maximum Gasteiger partial charge on any atom is 0.333 e. The van der Waals surface area contributed by atoms with E-state index in [-0.39, 0.29) is 17.3 Å². The van der Waals surface area contributed by atoms with Crippen molar-refractivity contribution in [1.82, 2.24) is 14.7 Å². The fraction of sp³-hybridized carbons (Fsp3) is 0.375. The first kappa shape index (κ1) is 16.7. The second-order valence-corrected chi connectivity index (χ2v) is 5.96. The number of carbonyl (C=O) groups is 1. The lowest BCUT2D eigenvalue weighted by molar-refractivity contribution is -0.384. The number of hydrogen-bond acceptors (Lipinski definition) is 6. The fourth-order valence-electron chi connectivity index (χ4n) is 3.11. The van der Waals surface area contributed by atoms with Crippen LogP contribution in [0.1, 0.15) is 16.1 Å². The van der Waals surface area contributed by atoms with Crippen LogP contribution in [0.3, 0.4) is 0 Å². The molecule has 25 heavy (non-hydrogen) atoms. The molecule has 0 atom stereocenters. The molecule has 1 saturated heterocycles. The third-order valence-electron chi connectivity index (χ3n) is 4.32. The monoisotopic (exact) mass is 345 g/mol. The van der Waals surface area contributed by atoms with E-state index in [1.807, 2.05) is 4.90 Å². The summed E-state index contributed by atoms with van der Waals surface area (Å²) in [6, 6.07) is 6.12. The largest absolute Gasteiger partial charge is 0.508 e. The average molecular weight is 345 g/mol. The van der Waals surface area contributed by atoms with Gasteiger partial charge in [-0.05, 0) is 31.2 Å². The van der Waals surface area contributed by atoms with Crippen molar-refractivity contribution in [3.63, 3.8) is 0 Å². The van der Waals surface area contributed by atoms with Crippen LogP contribution < -0.4 is 4.90 Å². The summed E-state index contributed by atoms with van der Waals surface area (Å²) in [4.78, 5) is 27.0. The Labute approximate surface area is 144 Å². The van der Waals surface area contributed by atoms with Gasteiger partial charge in [-0.3, -0.25) is 14.9 Å². The van der Waals surface area contributed by atoms with Gasteiger partial charge in [-0.25, -0.2) is 4.68 Å². The van der Waals surface area contributed by atoms with E-state index in [0.717, 1.165) is 0 Å². The van der Waals surface area contributed by atoms with Gasteiger partial charge in [-0.1, -0.05) is 0 Å². The molecule has 9 heteroatoms. The van der Waals surface area contributed by atoms with Crippen LogP contribution in [-0.2, 0) is 7.05 Å². The van der Waals surface area contributed by atoms with Crippen molar-refractivity contribution in [2.24, 2.45) is 7.05 Å². The summed E-state index contributed by atoms with van der Waals surface area (Å²) in [6.45, 7) is 3.52. The number of nitro groups is 1. The zero-order chi connectivity index (χ0) is 18.1. The highest BCUT2D eigenvalue weighted by atomic mass is 16.6. The summed E-state index contributed by atoms with van der Waals surface area (Å²) in [7, 11) is 1.68. The Morgan fingerprint density at radius 2 is 1.80 bits per heavy atom. The topological polar surface area (TPSA) is 105 Å². The van der Waals surface area contributed by atoms with Crippen molar-refractivity contribution in [2.75, 3.05) is 31.1 Å². The molecule has 0 spiro atoms. The molecule has 1 aromatic heterocycles. The molecule has 2 heterocycles. The van der Waals surface area contributed by atoms with E-state index in [1.54, 1.807) is 31.0 Å². The zero-order valence-corrected chi connectivity index (χ0v) is 14.0. The van der Waals surface area contributed by atoms with Crippen LogP contribution >= 0.6 is 0 Å². The molecule has 1 aliphatic heterocycles. The van der Waals surface area contributed by atoms with E-state index in [0.29, 0.717) is 43.3 Å². The molecule has 0 bridgehead atoms. The number of hydrogen-bond donors (Lipinski definition) is 1. The van der Waals surface area contributed by atoms with Gasteiger partial charge in [0, 0.05) is 38.8 Å². The number of rotatable bonds is 3. The van der Waals surface area contributed by atoms with Gasteiger partial charge in [0.15, 0.2) is 0 Å². The highest BCUT2D eigenvalue weighted by Gasteiger charge is 2.31. The highest BCUT2D eigenvalue weighted by Crippen LogP contribution is 2.31. The van der Waals surface area contributed by atoms with Gasteiger partial charge in [0.1, 0.15) is 11.4 Å². The molecular weight excluding hydrogens is 326 g/mol. The quantitative estimate of drug-likeness (QED) is 0.664. The van der Waals surface area contributed by atoms with Crippen LogP contribution in [0.4, 0.5) is 11.5 Å². The van der Waals surface area contributed by atoms with Gasteiger partial charge in [0.05, 0.1) is 4.92 Å². The summed E-state index contributed by atoms with van der Waals surface area (Å²) in [5.41, 5.74) is 0.902. The SMILES string of the molecule is Cc1nn(C)c(N2CCN(C(=O)c3ccc(O)cc3)CC2)c1[N+](=O)[O-]. The van der Waals surface area contributed by atoms with Crippen molar-refractivity contribution in [3.8, 4) is 5.75 Å². The number of phenols is 1. The Morgan fingerprint density at radius 3 is 2.36 bits per heavy atom. The highest BCUT2D eigenvalue weighted by molar-refractivity contribution is 5.94. The summed E-state index contributed by atoms with van der Waals surface area (Å²) in [5.74, 6) is 0.467. The van der Waals surface area contributed by atoms with Crippen molar-refractivity contribution in [3.05, 3.63) is 45.6 Å². The molecule has 9 nitrogen and oxygen atoms in total. The normalized spacial score (nSPS) is 14.6. The Morgan fingerprint density at radius 1 is 1.20 bits per heavy atom. The van der Waals surface area contributed by atoms with Gasteiger partial charge in [0.25, 0.3) is 5.91 Å². The molecule has 0 aliphatic carbocycles. The second kappa shape index (κ2) is 6.42. The Kier molecular flexibility index (Phi) is 4.30. The van der Waals surface area contributed by atoms with E-state index in [1.165, 1.54) is 16.8 Å². The van der Waals surface area contributed by atoms with E-state index < -0.39 is 4.92 Å². The first-order valence-electron chi connectivity index (χ1n) is 7.89. The minimum Gasteiger partial charge on any atom is -0.508 e. The number of carbonyl (C=O) groups excluding carboxylic acids is 1. The fourth-order valence-corrected chi connectivity index (χ4v) is 3.11. The number of aromatic nitrogens is 2. The molecule has 1 fully saturated rings. The maximum absolute atomic E-state index is 12.5. The minimum absolute atomic E-state index is 0.0146. The molecule has 1 aliphatic rings. The lowest BCUT2D eigenvalue weighted by atomic mass is 10.1. The van der Waals surface area contributed by atoms with Crippen LogP contribution in [0.5, 0.6) is 5.75 Å². The molecule has 132 valence electrons. The van der Waals surface area contributed by atoms with Gasteiger partial charge >= 0.3 is 5.69 Å². The van der Waals surface area contributed by atoms with Gasteiger partial charge < -0.3 is 14.9 Å².